The van der Waals surface area contributed by atoms with Crippen molar-refractivity contribution in [2.24, 2.45) is 0 Å². The maximum absolute atomic E-state index is 6.99. The molecule has 0 spiro atoms. The second-order valence-electron chi connectivity index (χ2n) is 14.1. The second kappa shape index (κ2) is 13.0. The van der Waals surface area contributed by atoms with Crippen molar-refractivity contribution in [1.29, 1.82) is 0 Å². The number of benzene rings is 9. The monoisotopic (exact) mass is 716 g/mol. The molecular formula is C51H32N4O. The summed E-state index contributed by atoms with van der Waals surface area (Å²) in [6, 6.07) is 67.5. The summed E-state index contributed by atoms with van der Waals surface area (Å²) in [4.78, 5) is 17.6. The van der Waals surface area contributed by atoms with Crippen LogP contribution in [0, 0.1) is 0 Å². The zero-order valence-corrected chi connectivity index (χ0v) is 30.2. The van der Waals surface area contributed by atoms with Gasteiger partial charge in [0.25, 0.3) is 0 Å². The van der Waals surface area contributed by atoms with Crippen LogP contribution >= 0.6 is 0 Å². The Kier molecular flexibility index (Phi) is 7.42. The fourth-order valence-electron chi connectivity index (χ4n) is 7.89. The average Bonchev–Trinajstić information content (AvgIpc) is 3.64. The summed E-state index contributed by atoms with van der Waals surface area (Å²) in [6.45, 7) is 0. The quantitative estimate of drug-likeness (QED) is 0.171. The number of hydrogen-bond acceptors (Lipinski definition) is 5. The van der Waals surface area contributed by atoms with Crippen LogP contribution in [0.2, 0.25) is 0 Å². The van der Waals surface area contributed by atoms with E-state index in [1.165, 1.54) is 10.8 Å². The summed E-state index contributed by atoms with van der Waals surface area (Å²) >= 11 is 0. The number of nitrogens with zero attached hydrogens (tertiary/aromatic N) is 4. The molecule has 2 heterocycles. The fraction of sp³-hybridized carbons (Fsp3) is 0. The van der Waals surface area contributed by atoms with Crippen molar-refractivity contribution in [1.82, 2.24) is 15.0 Å². The highest BCUT2D eigenvalue weighted by Crippen LogP contribution is 2.46. The molecule has 0 fully saturated rings. The van der Waals surface area contributed by atoms with Crippen molar-refractivity contribution < 1.29 is 4.42 Å². The summed E-state index contributed by atoms with van der Waals surface area (Å²) in [5.41, 5.74) is 7.36. The third kappa shape index (κ3) is 5.45. The van der Waals surface area contributed by atoms with Gasteiger partial charge in [0.2, 0.25) is 0 Å². The lowest BCUT2D eigenvalue weighted by atomic mass is 10.0. The van der Waals surface area contributed by atoms with Crippen molar-refractivity contribution in [3.8, 4) is 34.2 Å². The van der Waals surface area contributed by atoms with Crippen LogP contribution in [0.25, 0.3) is 88.4 Å². The summed E-state index contributed by atoms with van der Waals surface area (Å²) in [6.07, 6.45) is 0. The molecule has 0 saturated carbocycles. The fourth-order valence-corrected chi connectivity index (χ4v) is 7.89. The molecule has 0 bridgehead atoms. The van der Waals surface area contributed by atoms with E-state index >= 15 is 0 Å². The molecule has 0 amide bonds. The Balaban J connectivity index is 1.13. The third-order valence-electron chi connectivity index (χ3n) is 10.6. The Morgan fingerprint density at radius 3 is 1.38 bits per heavy atom. The molecule has 0 unspecified atom stereocenters. The minimum absolute atomic E-state index is 0.578. The Labute approximate surface area is 322 Å². The maximum Gasteiger partial charge on any atom is 0.164 e. The Morgan fingerprint density at radius 2 is 0.804 bits per heavy atom. The van der Waals surface area contributed by atoms with Gasteiger partial charge in [0.05, 0.1) is 5.69 Å². The molecule has 0 radical (unpaired) electrons. The van der Waals surface area contributed by atoms with E-state index in [1.807, 2.05) is 12.1 Å². The van der Waals surface area contributed by atoms with Gasteiger partial charge in [-0.2, -0.15) is 0 Å². The van der Waals surface area contributed by atoms with Gasteiger partial charge in [-0.15, -0.1) is 0 Å². The first-order valence-corrected chi connectivity index (χ1v) is 18.8. The molecule has 0 aliphatic rings. The van der Waals surface area contributed by atoms with Crippen LogP contribution in [0.3, 0.4) is 0 Å². The van der Waals surface area contributed by atoms with E-state index in [9.17, 15) is 0 Å². The zero-order valence-electron chi connectivity index (χ0n) is 30.2. The molecular weight excluding hydrogens is 685 g/mol. The molecule has 0 aliphatic carbocycles. The molecule has 11 aromatic rings. The summed E-state index contributed by atoms with van der Waals surface area (Å²) in [5.74, 6) is 1.81. The van der Waals surface area contributed by atoms with Crippen LogP contribution in [0.4, 0.5) is 17.1 Å². The van der Waals surface area contributed by atoms with Gasteiger partial charge in [-0.1, -0.05) is 140 Å². The molecule has 262 valence electrons. The lowest BCUT2D eigenvalue weighted by molar-refractivity contribution is 0.669. The normalized spacial score (nSPS) is 11.6. The van der Waals surface area contributed by atoms with Gasteiger partial charge in [0.15, 0.2) is 23.1 Å². The molecule has 11 rings (SSSR count). The highest BCUT2D eigenvalue weighted by Gasteiger charge is 2.23. The van der Waals surface area contributed by atoms with E-state index in [4.69, 9.17) is 19.4 Å². The van der Waals surface area contributed by atoms with Gasteiger partial charge >= 0.3 is 0 Å². The van der Waals surface area contributed by atoms with Crippen LogP contribution in [-0.4, -0.2) is 15.0 Å². The summed E-state index contributed by atoms with van der Waals surface area (Å²) < 4.78 is 6.99. The molecule has 2 aromatic heterocycles. The second-order valence-corrected chi connectivity index (χ2v) is 14.1. The first kappa shape index (κ1) is 31.9. The van der Waals surface area contributed by atoms with Crippen molar-refractivity contribution in [3.05, 3.63) is 194 Å². The van der Waals surface area contributed by atoms with Gasteiger partial charge in [-0.05, 0) is 81.5 Å². The predicted molar refractivity (Wildman–Crippen MR) is 231 cm³/mol. The molecule has 0 atom stereocenters. The predicted octanol–water partition coefficient (Wildman–Crippen LogP) is 13.7. The molecule has 56 heavy (non-hydrogen) atoms. The van der Waals surface area contributed by atoms with E-state index in [1.54, 1.807) is 0 Å². The summed E-state index contributed by atoms with van der Waals surface area (Å²) in [5, 5.41) is 8.90. The number of para-hydroxylation sites is 2. The molecule has 0 saturated heterocycles. The largest absolute Gasteiger partial charge is 0.454 e. The highest BCUT2D eigenvalue weighted by atomic mass is 16.3. The number of hydrogen-bond donors (Lipinski definition) is 0. The standard InChI is InChI=1S/C51H32N4O/c1-3-18-41(19-4-1)55(42-20-5-2-6-21-42)47-43-22-12-11-17-37(43)31-45-44-28-27-40(32-46(44)56-48(45)47)51-53-49(38-25-23-33-13-7-9-15-35(33)29-38)52-50(54-51)39-26-24-34-14-8-10-16-36(34)30-39/h1-32H. The minimum atomic E-state index is 0.578. The number of fused-ring (bicyclic) bond motifs is 6. The van der Waals surface area contributed by atoms with E-state index < -0.39 is 0 Å². The van der Waals surface area contributed by atoms with Crippen LogP contribution in [0.15, 0.2) is 199 Å². The Hall–Kier alpha value is -7.63. The highest BCUT2D eigenvalue weighted by molar-refractivity contribution is 6.19. The number of rotatable bonds is 6. The molecule has 5 heteroatoms. The van der Waals surface area contributed by atoms with Gasteiger partial charge < -0.3 is 9.32 Å². The first-order valence-electron chi connectivity index (χ1n) is 18.8. The Morgan fingerprint density at radius 1 is 0.339 bits per heavy atom. The molecule has 0 N–H and O–H groups in total. The van der Waals surface area contributed by atoms with E-state index in [-0.39, 0.29) is 0 Å². The lowest BCUT2D eigenvalue weighted by Gasteiger charge is -2.26. The van der Waals surface area contributed by atoms with Crippen LogP contribution in [0.1, 0.15) is 0 Å². The minimum Gasteiger partial charge on any atom is -0.454 e. The Bertz CT molecular complexity index is 3130. The van der Waals surface area contributed by atoms with Crippen molar-refractivity contribution >= 4 is 71.3 Å². The first-order chi connectivity index (χ1) is 27.7. The number of furan rings is 1. The number of aromatic nitrogens is 3. The zero-order chi connectivity index (χ0) is 37.0. The van der Waals surface area contributed by atoms with Crippen LogP contribution in [0.5, 0.6) is 0 Å². The van der Waals surface area contributed by atoms with Crippen LogP contribution in [-0.2, 0) is 0 Å². The average molecular weight is 717 g/mol. The van der Waals surface area contributed by atoms with Crippen molar-refractivity contribution in [2.75, 3.05) is 4.90 Å². The van der Waals surface area contributed by atoms with Crippen molar-refractivity contribution in [2.45, 2.75) is 0 Å². The smallest absolute Gasteiger partial charge is 0.164 e. The van der Waals surface area contributed by atoms with E-state index in [0.717, 1.165) is 77.2 Å². The van der Waals surface area contributed by atoms with Gasteiger partial charge in [-0.25, -0.2) is 15.0 Å². The SMILES string of the molecule is c1ccc(N(c2ccccc2)c2c3ccccc3cc3c2oc2cc(-c4nc(-c5ccc6ccccc6c5)nc(-c5ccc6ccccc6c5)n4)ccc23)cc1. The third-order valence-corrected chi connectivity index (χ3v) is 10.6. The molecule has 9 aromatic carbocycles. The van der Waals surface area contributed by atoms with Crippen LogP contribution < -0.4 is 4.90 Å². The maximum atomic E-state index is 6.99. The van der Waals surface area contributed by atoms with Gasteiger partial charge in [0.1, 0.15) is 5.58 Å². The lowest BCUT2D eigenvalue weighted by Crippen LogP contribution is -2.10. The van der Waals surface area contributed by atoms with Gasteiger partial charge in [0, 0.05) is 44.2 Å². The number of anilines is 3. The molecule has 0 aliphatic heterocycles. The summed E-state index contributed by atoms with van der Waals surface area (Å²) in [7, 11) is 0. The van der Waals surface area contributed by atoms with E-state index in [0.29, 0.717) is 17.5 Å². The topological polar surface area (TPSA) is 55.1 Å². The van der Waals surface area contributed by atoms with Crippen molar-refractivity contribution in [3.63, 3.8) is 0 Å². The van der Waals surface area contributed by atoms with Gasteiger partial charge in [-0.3, -0.25) is 0 Å². The molecule has 5 nitrogen and oxygen atoms in total. The van der Waals surface area contributed by atoms with E-state index in [2.05, 4.69) is 187 Å².